The number of carbonyl (C=O) groups is 2. The highest BCUT2D eigenvalue weighted by Crippen LogP contribution is 2.27. The Balaban J connectivity index is 1.41. The molecule has 2 heterocycles. The summed E-state index contributed by atoms with van der Waals surface area (Å²) in [6.45, 7) is 22.3. The van der Waals surface area contributed by atoms with Crippen molar-refractivity contribution in [3.63, 3.8) is 0 Å². The molecule has 2 fully saturated rings. The highest BCUT2D eigenvalue weighted by molar-refractivity contribution is 5.84. The van der Waals surface area contributed by atoms with Gasteiger partial charge in [0.2, 0.25) is 5.91 Å². The van der Waals surface area contributed by atoms with Gasteiger partial charge in [0.25, 0.3) is 0 Å². The molecule has 0 atom stereocenters. The van der Waals surface area contributed by atoms with Crippen LogP contribution in [0.3, 0.4) is 0 Å². The number of ketones is 1. The second kappa shape index (κ2) is 19.3. The predicted molar refractivity (Wildman–Crippen MR) is 174 cm³/mol. The molecule has 0 saturated carbocycles. The Labute approximate surface area is 254 Å². The van der Waals surface area contributed by atoms with Crippen molar-refractivity contribution in [2.24, 2.45) is 17.3 Å². The summed E-state index contributed by atoms with van der Waals surface area (Å²) in [5, 5.41) is 6.78. The topological polar surface area (TPSA) is 64.7 Å². The van der Waals surface area contributed by atoms with Gasteiger partial charge in [-0.3, -0.25) is 9.59 Å². The van der Waals surface area contributed by atoms with E-state index in [0.29, 0.717) is 18.6 Å². The van der Waals surface area contributed by atoms with Crippen LogP contribution in [0, 0.1) is 17.3 Å². The van der Waals surface area contributed by atoms with Crippen molar-refractivity contribution in [2.75, 3.05) is 52.4 Å². The quantitative estimate of drug-likeness (QED) is 0.147. The van der Waals surface area contributed by atoms with E-state index < -0.39 is 0 Å². The van der Waals surface area contributed by atoms with Crippen LogP contribution in [0.15, 0.2) is 0 Å². The van der Waals surface area contributed by atoms with E-state index in [0.717, 1.165) is 57.2 Å². The Kier molecular flexibility index (Phi) is 17.1. The number of rotatable bonds is 21. The molecule has 0 radical (unpaired) electrons. The van der Waals surface area contributed by atoms with Crippen molar-refractivity contribution in [1.82, 2.24) is 20.4 Å². The van der Waals surface area contributed by atoms with E-state index in [-0.39, 0.29) is 16.9 Å². The summed E-state index contributed by atoms with van der Waals surface area (Å²) < 4.78 is 0. The van der Waals surface area contributed by atoms with E-state index >= 15 is 0 Å². The number of Topliss-reactive ketones (excluding diaryl/α,β-unsaturated/α-hetero) is 1. The number of likely N-dealkylation sites (tertiary alicyclic amines) is 2. The van der Waals surface area contributed by atoms with Crippen molar-refractivity contribution in [2.45, 2.75) is 143 Å². The average Bonchev–Trinajstić information content (AvgIpc) is 2.97. The van der Waals surface area contributed by atoms with Gasteiger partial charge in [0, 0.05) is 30.3 Å². The van der Waals surface area contributed by atoms with Gasteiger partial charge in [-0.2, -0.15) is 0 Å². The number of unbranched alkanes of at least 4 members (excludes halogenated alkanes) is 1. The second-order valence-corrected chi connectivity index (χ2v) is 14.6. The third-order valence-corrected chi connectivity index (χ3v) is 10.4. The summed E-state index contributed by atoms with van der Waals surface area (Å²) in [5.41, 5.74) is 0.0532. The molecule has 2 aliphatic rings. The fraction of sp³-hybridized carbons (Fsp3) is 0.943. The number of amides is 1. The molecular weight excluding hydrogens is 508 g/mol. The predicted octanol–water partition coefficient (Wildman–Crippen LogP) is 6.82. The number of nitrogens with zero attached hydrogens (tertiary/aromatic N) is 2. The summed E-state index contributed by atoms with van der Waals surface area (Å²) in [5.74, 6) is 2.33. The molecule has 0 aromatic carbocycles. The molecule has 0 aromatic rings. The minimum absolute atomic E-state index is 0.139. The molecule has 0 aliphatic carbocycles. The van der Waals surface area contributed by atoms with Gasteiger partial charge in [0.15, 0.2) is 0 Å². The third kappa shape index (κ3) is 15.4. The van der Waals surface area contributed by atoms with Crippen LogP contribution in [-0.2, 0) is 9.59 Å². The maximum absolute atomic E-state index is 12.2. The average molecular weight is 577 g/mol. The van der Waals surface area contributed by atoms with Gasteiger partial charge in [-0.15, -0.1) is 0 Å². The molecule has 2 rings (SSSR count). The highest BCUT2D eigenvalue weighted by atomic mass is 16.1. The minimum Gasteiger partial charge on any atom is -0.356 e. The standard InChI is InChI=1S/C35H68N4O2/c1-7-34(3,4)32(40)16-9-10-17-33(41)36-22-12-24-38-26-18-30(19-27-38)14-11-15-31-20-28-39(29-21-31)25-13-23-37-35(5,6)8-2/h30-31,37H,7-29H2,1-6H3,(H,36,41). The highest BCUT2D eigenvalue weighted by Gasteiger charge is 2.24. The van der Waals surface area contributed by atoms with Crippen LogP contribution in [0.2, 0.25) is 0 Å². The molecule has 41 heavy (non-hydrogen) atoms. The van der Waals surface area contributed by atoms with Gasteiger partial charge in [-0.1, -0.05) is 47.0 Å². The molecule has 2 saturated heterocycles. The largest absolute Gasteiger partial charge is 0.356 e. The lowest BCUT2D eigenvalue weighted by Gasteiger charge is -2.34. The number of carbonyl (C=O) groups excluding carboxylic acids is 2. The van der Waals surface area contributed by atoms with Crippen molar-refractivity contribution in [3.8, 4) is 0 Å². The normalized spacial score (nSPS) is 18.6. The number of nitrogens with one attached hydrogen (secondary N) is 2. The Morgan fingerprint density at radius 1 is 0.683 bits per heavy atom. The Hall–Kier alpha value is -0.980. The van der Waals surface area contributed by atoms with Gasteiger partial charge in [-0.05, 0) is 136 Å². The molecule has 0 bridgehead atoms. The minimum atomic E-state index is -0.224. The molecule has 1 amide bonds. The lowest BCUT2D eigenvalue weighted by Crippen LogP contribution is -2.41. The van der Waals surface area contributed by atoms with Gasteiger partial charge in [0.05, 0.1) is 0 Å². The van der Waals surface area contributed by atoms with Gasteiger partial charge >= 0.3 is 0 Å². The SMILES string of the molecule is CCC(C)(C)NCCCN1CCC(CCCC2CCN(CCCNC(=O)CCCCC(=O)C(C)(C)CC)CC2)CC1. The first-order valence-electron chi connectivity index (χ1n) is 17.5. The van der Waals surface area contributed by atoms with E-state index in [4.69, 9.17) is 0 Å². The molecule has 6 nitrogen and oxygen atoms in total. The van der Waals surface area contributed by atoms with E-state index in [1.54, 1.807) is 0 Å². The molecule has 6 heteroatoms. The van der Waals surface area contributed by atoms with Crippen molar-refractivity contribution in [1.29, 1.82) is 0 Å². The van der Waals surface area contributed by atoms with Crippen LogP contribution in [0.1, 0.15) is 138 Å². The van der Waals surface area contributed by atoms with Crippen LogP contribution in [-0.4, -0.2) is 79.4 Å². The zero-order valence-corrected chi connectivity index (χ0v) is 28.1. The Morgan fingerprint density at radius 3 is 1.71 bits per heavy atom. The van der Waals surface area contributed by atoms with Crippen molar-refractivity contribution >= 4 is 11.7 Å². The monoisotopic (exact) mass is 577 g/mol. The molecule has 0 aromatic heterocycles. The van der Waals surface area contributed by atoms with Gasteiger partial charge < -0.3 is 20.4 Å². The van der Waals surface area contributed by atoms with E-state index in [1.807, 2.05) is 13.8 Å². The van der Waals surface area contributed by atoms with Gasteiger partial charge in [0.1, 0.15) is 5.78 Å². The van der Waals surface area contributed by atoms with Crippen molar-refractivity contribution in [3.05, 3.63) is 0 Å². The summed E-state index contributed by atoms with van der Waals surface area (Å²) >= 11 is 0. The van der Waals surface area contributed by atoms with E-state index in [1.165, 1.54) is 90.5 Å². The molecule has 240 valence electrons. The summed E-state index contributed by atoms with van der Waals surface area (Å²) in [4.78, 5) is 29.6. The number of hydrogen-bond donors (Lipinski definition) is 2. The Morgan fingerprint density at radius 2 is 1.20 bits per heavy atom. The molecule has 0 spiro atoms. The number of hydrogen-bond acceptors (Lipinski definition) is 5. The summed E-state index contributed by atoms with van der Waals surface area (Å²) in [6.07, 6.45) is 16.9. The van der Waals surface area contributed by atoms with Gasteiger partial charge in [-0.25, -0.2) is 0 Å². The van der Waals surface area contributed by atoms with E-state index in [9.17, 15) is 9.59 Å². The zero-order chi connectivity index (χ0) is 30.1. The molecule has 2 aliphatic heterocycles. The molecule has 0 unspecified atom stereocenters. The Bertz CT molecular complexity index is 722. The van der Waals surface area contributed by atoms with E-state index in [2.05, 4.69) is 48.1 Å². The smallest absolute Gasteiger partial charge is 0.219 e. The lowest BCUT2D eigenvalue weighted by molar-refractivity contribution is -0.127. The fourth-order valence-corrected chi connectivity index (χ4v) is 6.27. The summed E-state index contributed by atoms with van der Waals surface area (Å²) in [7, 11) is 0. The first-order chi connectivity index (χ1) is 19.5. The first kappa shape index (κ1) is 36.2. The van der Waals surface area contributed by atoms with Crippen LogP contribution < -0.4 is 10.6 Å². The molecule has 2 N–H and O–H groups in total. The van der Waals surface area contributed by atoms with Crippen LogP contribution in [0.5, 0.6) is 0 Å². The van der Waals surface area contributed by atoms with Crippen molar-refractivity contribution < 1.29 is 9.59 Å². The lowest BCUT2D eigenvalue weighted by atomic mass is 9.83. The van der Waals surface area contributed by atoms with Crippen LogP contribution >= 0.6 is 0 Å². The maximum Gasteiger partial charge on any atom is 0.219 e. The molecular formula is C35H68N4O2. The zero-order valence-electron chi connectivity index (χ0n) is 28.1. The summed E-state index contributed by atoms with van der Waals surface area (Å²) in [6, 6.07) is 0. The third-order valence-electron chi connectivity index (χ3n) is 10.4. The van der Waals surface area contributed by atoms with Crippen LogP contribution in [0.4, 0.5) is 0 Å². The van der Waals surface area contributed by atoms with Crippen LogP contribution in [0.25, 0.3) is 0 Å². The maximum atomic E-state index is 12.2. The fourth-order valence-electron chi connectivity index (χ4n) is 6.27. The second-order valence-electron chi connectivity index (χ2n) is 14.6. The first-order valence-corrected chi connectivity index (χ1v) is 17.5. The number of piperidine rings is 2.